The number of nitrogens with one attached hydrogen (secondary N) is 1. The fourth-order valence-corrected chi connectivity index (χ4v) is 7.97. The highest BCUT2D eigenvalue weighted by Crippen LogP contribution is 2.35. The summed E-state index contributed by atoms with van der Waals surface area (Å²) in [7, 11) is 0. The van der Waals surface area contributed by atoms with Crippen molar-refractivity contribution in [3.8, 4) is 6.07 Å². The van der Waals surface area contributed by atoms with Gasteiger partial charge in [-0.05, 0) is 56.0 Å². The van der Waals surface area contributed by atoms with Crippen LogP contribution >= 0.6 is 11.3 Å². The number of hydrogen-bond acceptors (Lipinski definition) is 7. The Labute approximate surface area is 275 Å². The van der Waals surface area contributed by atoms with E-state index in [0.29, 0.717) is 53.6 Å². The molecule has 13 heteroatoms. The molecule has 2 aliphatic rings. The highest BCUT2D eigenvalue weighted by atomic mass is 32.1. The van der Waals surface area contributed by atoms with Crippen molar-refractivity contribution in [2.75, 3.05) is 31.5 Å². The zero-order valence-corrected chi connectivity index (χ0v) is 27.7. The van der Waals surface area contributed by atoms with E-state index in [2.05, 4.69) is 50.2 Å². The van der Waals surface area contributed by atoms with Gasteiger partial charge in [0, 0.05) is 86.4 Å². The molecule has 0 spiro atoms. The zero-order valence-electron chi connectivity index (χ0n) is 26.9. The Kier molecular flexibility index (Phi) is 9.48. The van der Waals surface area contributed by atoms with Crippen molar-refractivity contribution in [2.45, 2.75) is 96.6 Å². The standard InChI is InChI=1S/C34H40F5N7S/c1-4-30-42-31(28-16-26(17-34(37,38)39)47-32(28)43-30)41-24-7-11-44(12-8-24)20-23-5-6-29-27(22(23)3)15-25(18-40)46(29)19-21(2)45-13-9-33(35,36)10-14-45/h5-6,15-16,21,24H,4,7-14,17,19-20H2,1-3H3,(H,41,42,43)/t21-/m0/s1. The number of halogens is 5. The van der Waals surface area contributed by atoms with Gasteiger partial charge < -0.3 is 9.88 Å². The number of benzene rings is 1. The zero-order chi connectivity index (χ0) is 33.5. The number of nitriles is 1. The summed E-state index contributed by atoms with van der Waals surface area (Å²) in [6.45, 7) is 9.80. The summed E-state index contributed by atoms with van der Waals surface area (Å²) >= 11 is 1.08. The molecule has 252 valence electrons. The molecule has 0 aliphatic carbocycles. The second kappa shape index (κ2) is 13.3. The maximum atomic E-state index is 13.7. The first-order valence-electron chi connectivity index (χ1n) is 16.3. The Morgan fingerprint density at radius 1 is 1.09 bits per heavy atom. The van der Waals surface area contributed by atoms with Gasteiger partial charge in [0.1, 0.15) is 28.2 Å². The molecule has 0 radical (unpaired) electrons. The maximum Gasteiger partial charge on any atom is 0.393 e. The first-order chi connectivity index (χ1) is 22.3. The molecule has 2 fully saturated rings. The largest absolute Gasteiger partial charge is 0.393 e. The van der Waals surface area contributed by atoms with E-state index < -0.39 is 18.5 Å². The second-order valence-corrected chi connectivity index (χ2v) is 14.2. The van der Waals surface area contributed by atoms with E-state index in [1.54, 1.807) is 6.07 Å². The monoisotopic (exact) mass is 673 g/mol. The Morgan fingerprint density at radius 2 is 1.81 bits per heavy atom. The molecule has 0 unspecified atom stereocenters. The second-order valence-electron chi connectivity index (χ2n) is 13.0. The molecule has 0 bridgehead atoms. The molecule has 47 heavy (non-hydrogen) atoms. The minimum atomic E-state index is -4.27. The number of anilines is 1. The van der Waals surface area contributed by atoms with E-state index in [4.69, 9.17) is 0 Å². The van der Waals surface area contributed by atoms with Crippen molar-refractivity contribution in [1.29, 1.82) is 5.26 Å². The van der Waals surface area contributed by atoms with Crippen LogP contribution in [-0.4, -0.2) is 74.7 Å². The summed E-state index contributed by atoms with van der Waals surface area (Å²) in [6.07, 6.45) is -3.18. The lowest BCUT2D eigenvalue weighted by Crippen LogP contribution is -2.45. The first kappa shape index (κ1) is 33.6. The molecule has 0 amide bonds. The minimum absolute atomic E-state index is 0.0253. The summed E-state index contributed by atoms with van der Waals surface area (Å²) in [6, 6.07) is 10.2. The Bertz CT molecular complexity index is 1770. The third kappa shape index (κ3) is 7.55. The van der Waals surface area contributed by atoms with E-state index in [-0.39, 0.29) is 29.8 Å². The predicted molar refractivity (Wildman–Crippen MR) is 175 cm³/mol. The quantitative estimate of drug-likeness (QED) is 0.184. The summed E-state index contributed by atoms with van der Waals surface area (Å²) in [5, 5.41) is 15.2. The number of likely N-dealkylation sites (tertiary alicyclic amines) is 2. The summed E-state index contributed by atoms with van der Waals surface area (Å²) in [4.78, 5) is 14.4. The van der Waals surface area contributed by atoms with Crippen LogP contribution < -0.4 is 5.32 Å². The van der Waals surface area contributed by atoms with Gasteiger partial charge in [0.05, 0.1) is 11.8 Å². The number of piperidine rings is 2. The fraction of sp³-hybridized carbons (Fsp3) is 0.559. The van der Waals surface area contributed by atoms with Gasteiger partial charge in [0.2, 0.25) is 0 Å². The molecular weight excluding hydrogens is 633 g/mol. The van der Waals surface area contributed by atoms with Gasteiger partial charge in [-0.25, -0.2) is 18.7 Å². The summed E-state index contributed by atoms with van der Waals surface area (Å²) in [5.41, 5.74) is 3.88. The number of aromatic nitrogens is 3. The molecular formula is C34H40F5N7S. The highest BCUT2D eigenvalue weighted by Gasteiger charge is 2.35. The normalized spacial score (nSPS) is 19.0. The van der Waals surface area contributed by atoms with Gasteiger partial charge in [-0.3, -0.25) is 9.80 Å². The Hall–Kier alpha value is -3.34. The van der Waals surface area contributed by atoms with Crippen molar-refractivity contribution in [3.05, 3.63) is 51.8 Å². The van der Waals surface area contributed by atoms with E-state index in [1.165, 1.54) is 5.56 Å². The molecule has 6 rings (SSSR count). The minimum Gasteiger partial charge on any atom is -0.367 e. The molecule has 1 atom stereocenters. The van der Waals surface area contributed by atoms with Crippen LogP contribution in [0.2, 0.25) is 0 Å². The average Bonchev–Trinajstić information content (AvgIpc) is 3.59. The lowest BCUT2D eigenvalue weighted by atomic mass is 10.0. The van der Waals surface area contributed by atoms with E-state index in [0.717, 1.165) is 60.3 Å². The number of nitrogens with zero attached hydrogens (tertiary/aromatic N) is 6. The van der Waals surface area contributed by atoms with Gasteiger partial charge in [-0.15, -0.1) is 11.3 Å². The van der Waals surface area contributed by atoms with E-state index in [9.17, 15) is 27.2 Å². The third-order valence-electron chi connectivity index (χ3n) is 9.68. The van der Waals surface area contributed by atoms with Gasteiger partial charge in [0.15, 0.2) is 0 Å². The molecule has 2 aliphatic heterocycles. The van der Waals surface area contributed by atoms with Crippen molar-refractivity contribution in [1.82, 2.24) is 24.3 Å². The number of thiophene rings is 1. The SMILES string of the molecule is CCc1nc(NC2CCN(Cc3ccc4c(cc(C#N)n4C[C@H](C)N4CCC(F)(F)CC4)c3C)CC2)c2cc(CC(F)(F)F)sc2n1. The number of fused-ring (bicyclic) bond motifs is 2. The van der Waals surface area contributed by atoms with Gasteiger partial charge in [-0.2, -0.15) is 18.4 Å². The smallest absolute Gasteiger partial charge is 0.367 e. The predicted octanol–water partition coefficient (Wildman–Crippen LogP) is 7.69. The molecule has 2 saturated heterocycles. The number of aryl methyl sites for hydroxylation is 2. The molecule has 1 aromatic carbocycles. The van der Waals surface area contributed by atoms with E-state index in [1.807, 2.05) is 24.5 Å². The average molecular weight is 674 g/mol. The topological polar surface area (TPSA) is 73.0 Å². The summed E-state index contributed by atoms with van der Waals surface area (Å²) < 4.78 is 68.6. The van der Waals surface area contributed by atoms with Gasteiger partial charge in [0.25, 0.3) is 5.92 Å². The lowest BCUT2D eigenvalue weighted by Gasteiger charge is -2.36. The summed E-state index contributed by atoms with van der Waals surface area (Å²) in [5.74, 6) is -1.36. The fourth-order valence-electron chi connectivity index (χ4n) is 6.89. The van der Waals surface area contributed by atoms with Gasteiger partial charge in [-0.1, -0.05) is 13.0 Å². The van der Waals surface area contributed by atoms with Crippen molar-refractivity contribution in [2.24, 2.45) is 0 Å². The van der Waals surface area contributed by atoms with Crippen LogP contribution in [0.15, 0.2) is 24.3 Å². The highest BCUT2D eigenvalue weighted by molar-refractivity contribution is 7.18. The van der Waals surface area contributed by atoms with Crippen molar-refractivity contribution < 1.29 is 22.0 Å². The maximum absolute atomic E-state index is 13.7. The van der Waals surface area contributed by atoms with Crippen LogP contribution in [0.3, 0.4) is 0 Å². The molecule has 4 aromatic rings. The van der Waals surface area contributed by atoms with E-state index >= 15 is 0 Å². The van der Waals surface area contributed by atoms with Crippen molar-refractivity contribution >= 4 is 38.3 Å². The van der Waals surface area contributed by atoms with Crippen LogP contribution in [0.4, 0.5) is 27.8 Å². The molecule has 1 N–H and O–H groups in total. The van der Waals surface area contributed by atoms with Crippen LogP contribution in [-0.2, 0) is 25.9 Å². The molecule has 7 nitrogen and oxygen atoms in total. The van der Waals surface area contributed by atoms with Crippen LogP contribution in [0, 0.1) is 18.3 Å². The van der Waals surface area contributed by atoms with Crippen LogP contribution in [0.25, 0.3) is 21.1 Å². The van der Waals surface area contributed by atoms with Crippen LogP contribution in [0.5, 0.6) is 0 Å². The third-order valence-corrected chi connectivity index (χ3v) is 10.7. The number of hydrogen-bond donors (Lipinski definition) is 1. The first-order valence-corrected chi connectivity index (χ1v) is 17.1. The molecule has 5 heterocycles. The Morgan fingerprint density at radius 3 is 2.47 bits per heavy atom. The molecule has 3 aromatic heterocycles. The number of rotatable bonds is 9. The Balaban J connectivity index is 1.11. The molecule has 0 saturated carbocycles. The van der Waals surface area contributed by atoms with Gasteiger partial charge >= 0.3 is 6.18 Å². The number of alkyl halides is 5. The van der Waals surface area contributed by atoms with Crippen molar-refractivity contribution in [3.63, 3.8) is 0 Å². The lowest BCUT2D eigenvalue weighted by molar-refractivity contribution is -0.126. The van der Waals surface area contributed by atoms with Crippen LogP contribution in [0.1, 0.15) is 67.1 Å².